The van der Waals surface area contributed by atoms with Gasteiger partial charge < -0.3 is 5.32 Å². The SMILES string of the molecule is CCCn1ncc(Cl)c1C(NCC)C1CCC(F)(F)CC1. The molecule has 0 saturated heterocycles. The molecule has 1 saturated carbocycles. The fraction of sp³-hybridized carbons (Fsp3) is 0.800. The van der Waals surface area contributed by atoms with Crippen molar-refractivity contribution in [3.8, 4) is 0 Å². The fourth-order valence-corrected chi connectivity index (χ4v) is 3.43. The third kappa shape index (κ3) is 3.95. The number of aryl methyl sites for hydroxylation is 1. The molecule has 1 aliphatic carbocycles. The topological polar surface area (TPSA) is 29.9 Å². The van der Waals surface area contributed by atoms with E-state index >= 15 is 0 Å². The average molecular weight is 320 g/mol. The van der Waals surface area contributed by atoms with Gasteiger partial charge in [-0.2, -0.15) is 5.10 Å². The van der Waals surface area contributed by atoms with Crippen LogP contribution in [0, 0.1) is 5.92 Å². The molecule has 120 valence electrons. The summed E-state index contributed by atoms with van der Waals surface area (Å²) >= 11 is 6.31. The molecule has 1 aromatic heterocycles. The van der Waals surface area contributed by atoms with E-state index in [9.17, 15) is 8.78 Å². The molecule has 0 bridgehead atoms. The van der Waals surface area contributed by atoms with Crippen molar-refractivity contribution in [1.29, 1.82) is 0 Å². The summed E-state index contributed by atoms with van der Waals surface area (Å²) in [7, 11) is 0. The summed E-state index contributed by atoms with van der Waals surface area (Å²) in [4.78, 5) is 0. The van der Waals surface area contributed by atoms with Crippen LogP contribution in [0.5, 0.6) is 0 Å². The first kappa shape index (κ1) is 16.7. The third-order valence-corrected chi connectivity index (χ3v) is 4.51. The maximum Gasteiger partial charge on any atom is 0.248 e. The fourth-order valence-electron chi connectivity index (χ4n) is 3.17. The minimum absolute atomic E-state index is 0.00708. The molecule has 1 aliphatic rings. The number of rotatable bonds is 6. The molecule has 1 aromatic rings. The van der Waals surface area contributed by atoms with Crippen molar-refractivity contribution in [1.82, 2.24) is 15.1 Å². The van der Waals surface area contributed by atoms with Crippen molar-refractivity contribution in [2.75, 3.05) is 6.54 Å². The van der Waals surface area contributed by atoms with Gasteiger partial charge in [0.2, 0.25) is 5.92 Å². The molecule has 1 N–H and O–H groups in total. The minimum atomic E-state index is -2.50. The highest BCUT2D eigenvalue weighted by atomic mass is 35.5. The summed E-state index contributed by atoms with van der Waals surface area (Å²) in [5.74, 6) is -2.31. The standard InChI is InChI=1S/C15H24ClF2N3/c1-3-9-21-14(12(16)10-20-21)13(19-4-2)11-5-7-15(17,18)8-6-11/h10-11,13,19H,3-9H2,1-2H3. The number of alkyl halides is 2. The maximum absolute atomic E-state index is 13.4. The maximum atomic E-state index is 13.4. The van der Waals surface area contributed by atoms with Gasteiger partial charge in [0.25, 0.3) is 0 Å². The summed E-state index contributed by atoms with van der Waals surface area (Å²) in [6.45, 7) is 5.69. The minimum Gasteiger partial charge on any atom is -0.309 e. The zero-order valence-corrected chi connectivity index (χ0v) is 13.5. The van der Waals surface area contributed by atoms with Crippen LogP contribution in [0.4, 0.5) is 8.78 Å². The zero-order chi connectivity index (χ0) is 15.5. The van der Waals surface area contributed by atoms with Crippen LogP contribution in [0.1, 0.15) is 57.7 Å². The first-order valence-electron chi connectivity index (χ1n) is 7.81. The van der Waals surface area contributed by atoms with E-state index in [2.05, 4.69) is 17.3 Å². The largest absolute Gasteiger partial charge is 0.309 e. The number of nitrogens with one attached hydrogen (secondary N) is 1. The molecule has 2 rings (SSSR count). The lowest BCUT2D eigenvalue weighted by molar-refractivity contribution is -0.0500. The summed E-state index contributed by atoms with van der Waals surface area (Å²) in [5, 5.41) is 8.39. The Hall–Kier alpha value is -0.680. The molecule has 0 radical (unpaired) electrons. The second-order valence-corrected chi connectivity index (χ2v) is 6.24. The summed E-state index contributed by atoms with van der Waals surface area (Å²) in [5.41, 5.74) is 0.954. The van der Waals surface area contributed by atoms with Crippen LogP contribution in [0.3, 0.4) is 0 Å². The van der Waals surface area contributed by atoms with Crippen LogP contribution in [0.15, 0.2) is 6.20 Å². The van der Waals surface area contributed by atoms with E-state index in [-0.39, 0.29) is 24.8 Å². The van der Waals surface area contributed by atoms with Crippen molar-refractivity contribution in [2.45, 2.75) is 64.5 Å². The summed E-state index contributed by atoms with van der Waals surface area (Å²) < 4.78 is 28.7. The van der Waals surface area contributed by atoms with E-state index in [0.29, 0.717) is 17.9 Å². The predicted molar refractivity (Wildman–Crippen MR) is 80.9 cm³/mol. The Kier molecular flexibility index (Phi) is 5.60. The third-order valence-electron chi connectivity index (χ3n) is 4.22. The van der Waals surface area contributed by atoms with Gasteiger partial charge in [-0.05, 0) is 31.7 Å². The number of hydrogen-bond donors (Lipinski definition) is 1. The molecule has 1 fully saturated rings. The molecule has 0 aliphatic heterocycles. The monoisotopic (exact) mass is 319 g/mol. The number of halogens is 3. The van der Waals surface area contributed by atoms with Crippen molar-refractivity contribution in [2.24, 2.45) is 5.92 Å². The van der Waals surface area contributed by atoms with Crippen molar-refractivity contribution >= 4 is 11.6 Å². The van der Waals surface area contributed by atoms with E-state index in [4.69, 9.17) is 11.6 Å². The van der Waals surface area contributed by atoms with E-state index in [0.717, 1.165) is 25.2 Å². The highest BCUT2D eigenvalue weighted by molar-refractivity contribution is 6.31. The van der Waals surface area contributed by atoms with Crippen molar-refractivity contribution < 1.29 is 8.78 Å². The molecule has 1 atom stereocenters. The molecule has 3 nitrogen and oxygen atoms in total. The van der Waals surface area contributed by atoms with Crippen LogP contribution in [-0.2, 0) is 6.54 Å². The number of hydrogen-bond acceptors (Lipinski definition) is 2. The molecular weight excluding hydrogens is 296 g/mol. The van der Waals surface area contributed by atoms with Gasteiger partial charge in [0.15, 0.2) is 0 Å². The molecule has 1 heterocycles. The van der Waals surface area contributed by atoms with Gasteiger partial charge in [0.1, 0.15) is 0 Å². The van der Waals surface area contributed by atoms with Gasteiger partial charge in [-0.15, -0.1) is 0 Å². The van der Waals surface area contributed by atoms with Gasteiger partial charge in [-0.3, -0.25) is 4.68 Å². The lowest BCUT2D eigenvalue weighted by atomic mass is 9.81. The van der Waals surface area contributed by atoms with Gasteiger partial charge in [0.05, 0.1) is 23.0 Å². The molecule has 6 heteroatoms. The first-order valence-corrected chi connectivity index (χ1v) is 8.18. The number of nitrogens with zero attached hydrogens (tertiary/aromatic N) is 2. The molecule has 21 heavy (non-hydrogen) atoms. The predicted octanol–water partition coefficient (Wildman–Crippen LogP) is 4.42. The highest BCUT2D eigenvalue weighted by Gasteiger charge is 2.39. The van der Waals surface area contributed by atoms with Crippen molar-refractivity contribution in [3.63, 3.8) is 0 Å². The Morgan fingerprint density at radius 1 is 1.43 bits per heavy atom. The Bertz CT molecular complexity index is 452. The Morgan fingerprint density at radius 3 is 2.67 bits per heavy atom. The van der Waals surface area contributed by atoms with Crippen LogP contribution in [-0.4, -0.2) is 22.2 Å². The van der Waals surface area contributed by atoms with Gasteiger partial charge in [-0.25, -0.2) is 8.78 Å². The summed E-state index contributed by atoms with van der Waals surface area (Å²) in [6, 6.07) is 0.00708. The van der Waals surface area contributed by atoms with Gasteiger partial charge in [0, 0.05) is 19.4 Å². The second kappa shape index (κ2) is 7.05. The van der Waals surface area contributed by atoms with Crippen LogP contribution < -0.4 is 5.32 Å². The first-order chi connectivity index (χ1) is 9.98. The molecule has 0 spiro atoms. The number of aromatic nitrogens is 2. The van der Waals surface area contributed by atoms with Gasteiger partial charge >= 0.3 is 0 Å². The smallest absolute Gasteiger partial charge is 0.248 e. The molecule has 0 amide bonds. The Balaban J connectivity index is 2.21. The second-order valence-electron chi connectivity index (χ2n) is 5.83. The zero-order valence-electron chi connectivity index (χ0n) is 12.7. The van der Waals surface area contributed by atoms with E-state index in [1.807, 2.05) is 11.6 Å². The van der Waals surface area contributed by atoms with Crippen molar-refractivity contribution in [3.05, 3.63) is 16.9 Å². The molecular formula is C15H24ClF2N3. The average Bonchev–Trinajstić information content (AvgIpc) is 2.78. The van der Waals surface area contributed by atoms with Crippen LogP contribution >= 0.6 is 11.6 Å². The van der Waals surface area contributed by atoms with E-state index in [1.54, 1.807) is 6.20 Å². The highest BCUT2D eigenvalue weighted by Crippen LogP contribution is 2.42. The molecule has 0 aromatic carbocycles. The van der Waals surface area contributed by atoms with Crippen LogP contribution in [0.25, 0.3) is 0 Å². The van der Waals surface area contributed by atoms with E-state index in [1.165, 1.54) is 0 Å². The van der Waals surface area contributed by atoms with Gasteiger partial charge in [-0.1, -0.05) is 25.4 Å². The van der Waals surface area contributed by atoms with Crippen LogP contribution in [0.2, 0.25) is 5.02 Å². The van der Waals surface area contributed by atoms with E-state index < -0.39 is 5.92 Å². The lowest BCUT2D eigenvalue weighted by Gasteiger charge is -2.34. The Labute approximate surface area is 130 Å². The molecule has 1 unspecified atom stereocenters. The summed E-state index contributed by atoms with van der Waals surface area (Å²) in [6.07, 6.45) is 3.62. The normalized spacial score (nSPS) is 20.6. The Morgan fingerprint density at radius 2 is 2.10 bits per heavy atom. The lowest BCUT2D eigenvalue weighted by Crippen LogP contribution is -2.35. The quantitative estimate of drug-likeness (QED) is 0.841.